The summed E-state index contributed by atoms with van der Waals surface area (Å²) in [5.41, 5.74) is 1.19. The van der Waals surface area contributed by atoms with E-state index >= 15 is 0 Å². The Morgan fingerprint density at radius 2 is 2.17 bits per heavy atom. The van der Waals surface area contributed by atoms with Crippen LogP contribution in [-0.2, 0) is 7.05 Å². The first-order valence-corrected chi connectivity index (χ1v) is 8.49. The minimum Gasteiger partial charge on any atom is -0.396 e. The lowest BCUT2D eigenvalue weighted by Gasteiger charge is -2.24. The Morgan fingerprint density at radius 1 is 1.42 bits per heavy atom. The summed E-state index contributed by atoms with van der Waals surface area (Å²) in [5, 5.41) is 15.6. The zero-order valence-corrected chi connectivity index (χ0v) is 14.1. The normalized spacial score (nSPS) is 21.6. The average Bonchev–Trinajstić information content (AvgIpc) is 2.73. The summed E-state index contributed by atoms with van der Waals surface area (Å²) in [7, 11) is 1.70. The molecule has 1 aliphatic carbocycles. The third-order valence-electron chi connectivity index (χ3n) is 4.90. The maximum absolute atomic E-state index is 12.8. The van der Waals surface area contributed by atoms with E-state index in [1.165, 1.54) is 4.68 Å². The summed E-state index contributed by atoms with van der Waals surface area (Å²) in [6.07, 6.45) is 5.01. The van der Waals surface area contributed by atoms with Crippen molar-refractivity contribution in [3.05, 3.63) is 27.7 Å². The molecule has 2 aromatic heterocycles. The molecule has 3 rings (SSSR count). The molecule has 1 aliphatic rings. The maximum Gasteiger partial charge on any atom is 0.274 e. The number of hydrogen-bond acceptors (Lipinski definition) is 4. The van der Waals surface area contributed by atoms with Crippen molar-refractivity contribution in [2.24, 2.45) is 13.0 Å². The Balaban J connectivity index is 1.95. The largest absolute Gasteiger partial charge is 0.396 e. The predicted octanol–water partition coefficient (Wildman–Crippen LogP) is 1.24. The number of nitrogens with one attached hydrogen (secondary N) is 2. The molecule has 1 fully saturated rings. The van der Waals surface area contributed by atoms with Crippen LogP contribution in [0.3, 0.4) is 0 Å². The van der Waals surface area contributed by atoms with Crippen LogP contribution in [0, 0.1) is 12.8 Å². The van der Waals surface area contributed by atoms with E-state index in [0.29, 0.717) is 22.3 Å². The van der Waals surface area contributed by atoms with Crippen LogP contribution in [-0.4, -0.2) is 38.4 Å². The molecule has 0 radical (unpaired) electrons. The van der Waals surface area contributed by atoms with E-state index in [2.05, 4.69) is 15.4 Å². The van der Waals surface area contributed by atoms with Gasteiger partial charge in [-0.2, -0.15) is 0 Å². The molecule has 2 aromatic rings. The fourth-order valence-corrected chi connectivity index (χ4v) is 3.60. The summed E-state index contributed by atoms with van der Waals surface area (Å²) < 4.78 is 1.53. The van der Waals surface area contributed by atoms with Gasteiger partial charge in [-0.05, 0) is 25.8 Å². The Bertz CT molecular complexity index is 808. The molecule has 7 nitrogen and oxygen atoms in total. The van der Waals surface area contributed by atoms with Crippen molar-refractivity contribution in [2.75, 3.05) is 6.61 Å². The molecule has 3 N–H and O–H groups in total. The number of aliphatic hydroxyl groups excluding tert-OH is 1. The molecule has 130 valence electrons. The van der Waals surface area contributed by atoms with E-state index in [-0.39, 0.29) is 30.0 Å². The Kier molecular flexibility index (Phi) is 4.71. The Hall–Kier alpha value is -2.15. The predicted molar refractivity (Wildman–Crippen MR) is 91.0 cm³/mol. The molecule has 0 bridgehead atoms. The standard InChI is InChI=1S/C17H24N4O3/c1-10-8-12(14-15(18-10)21(2)20-17(14)24)16(23)19-13-7-5-3-4-6-11(13)9-22/h8,11,13,22H,3-7,9H2,1-2H3,(H,19,23)(H,20,24). The number of aryl methyl sites for hydroxylation is 2. The molecule has 0 aliphatic heterocycles. The molecule has 0 spiro atoms. The van der Waals surface area contributed by atoms with Crippen LogP contribution >= 0.6 is 0 Å². The molecule has 7 heteroatoms. The van der Waals surface area contributed by atoms with Gasteiger partial charge >= 0.3 is 0 Å². The summed E-state index contributed by atoms with van der Waals surface area (Å²) >= 11 is 0. The van der Waals surface area contributed by atoms with Crippen LogP contribution < -0.4 is 10.9 Å². The molecule has 2 unspecified atom stereocenters. The molecule has 0 saturated heterocycles. The third-order valence-corrected chi connectivity index (χ3v) is 4.90. The van der Waals surface area contributed by atoms with E-state index in [4.69, 9.17) is 0 Å². The first-order valence-electron chi connectivity index (χ1n) is 8.49. The first kappa shape index (κ1) is 16.7. The first-order chi connectivity index (χ1) is 11.5. The number of H-pyrrole nitrogens is 1. The van der Waals surface area contributed by atoms with Gasteiger partial charge in [-0.15, -0.1) is 0 Å². The molecule has 1 amide bonds. The number of aromatic nitrogens is 3. The average molecular weight is 332 g/mol. The summed E-state index contributed by atoms with van der Waals surface area (Å²) in [5.74, 6) is -0.198. The number of carbonyl (C=O) groups is 1. The van der Waals surface area contributed by atoms with Gasteiger partial charge in [0.05, 0.1) is 10.9 Å². The molecular weight excluding hydrogens is 308 g/mol. The molecule has 2 heterocycles. The van der Waals surface area contributed by atoms with Gasteiger partial charge in [0.15, 0.2) is 5.65 Å². The summed E-state index contributed by atoms with van der Waals surface area (Å²) in [6.45, 7) is 1.87. The lowest BCUT2D eigenvalue weighted by molar-refractivity contribution is 0.0901. The van der Waals surface area contributed by atoms with Crippen LogP contribution in [0.25, 0.3) is 11.0 Å². The van der Waals surface area contributed by atoms with Crippen molar-refractivity contribution < 1.29 is 9.90 Å². The van der Waals surface area contributed by atoms with Gasteiger partial charge in [0.25, 0.3) is 11.5 Å². The number of rotatable bonds is 3. The molecule has 1 saturated carbocycles. The van der Waals surface area contributed by atoms with Crippen molar-refractivity contribution in [3.8, 4) is 0 Å². The number of carbonyl (C=O) groups excluding carboxylic acids is 1. The minimum atomic E-state index is -0.315. The van der Waals surface area contributed by atoms with Crippen molar-refractivity contribution in [3.63, 3.8) is 0 Å². The van der Waals surface area contributed by atoms with Crippen molar-refractivity contribution in [1.29, 1.82) is 0 Å². The molecule has 0 aromatic carbocycles. The van der Waals surface area contributed by atoms with Crippen LogP contribution in [0.4, 0.5) is 0 Å². The topological polar surface area (TPSA) is 100 Å². The van der Waals surface area contributed by atoms with Gasteiger partial charge in [-0.25, -0.2) is 4.98 Å². The monoisotopic (exact) mass is 332 g/mol. The van der Waals surface area contributed by atoms with Gasteiger partial charge in [-0.1, -0.05) is 19.3 Å². The number of nitrogens with zero attached hydrogens (tertiary/aromatic N) is 2. The van der Waals surface area contributed by atoms with E-state index in [9.17, 15) is 14.7 Å². The van der Waals surface area contributed by atoms with Crippen molar-refractivity contribution in [1.82, 2.24) is 20.1 Å². The zero-order chi connectivity index (χ0) is 17.3. The summed E-state index contributed by atoms with van der Waals surface area (Å²) in [4.78, 5) is 29.3. The van der Waals surface area contributed by atoms with Gasteiger partial charge in [0.1, 0.15) is 0 Å². The van der Waals surface area contributed by atoms with Crippen molar-refractivity contribution >= 4 is 16.9 Å². The second-order valence-electron chi connectivity index (χ2n) is 6.67. The number of amides is 1. The van der Waals surface area contributed by atoms with E-state index in [1.54, 1.807) is 20.0 Å². The van der Waals surface area contributed by atoms with Crippen molar-refractivity contribution in [2.45, 2.75) is 45.1 Å². The molecule has 24 heavy (non-hydrogen) atoms. The second kappa shape index (κ2) is 6.76. The number of aliphatic hydroxyl groups is 1. The third kappa shape index (κ3) is 3.08. The maximum atomic E-state index is 12.8. The lowest BCUT2D eigenvalue weighted by atomic mass is 9.95. The Morgan fingerprint density at radius 3 is 2.92 bits per heavy atom. The number of hydrogen-bond donors (Lipinski definition) is 3. The van der Waals surface area contributed by atoms with E-state index < -0.39 is 0 Å². The van der Waals surface area contributed by atoms with E-state index in [0.717, 1.165) is 32.1 Å². The fourth-order valence-electron chi connectivity index (χ4n) is 3.60. The van der Waals surface area contributed by atoms with Gasteiger partial charge in [-0.3, -0.25) is 19.4 Å². The highest BCUT2D eigenvalue weighted by Gasteiger charge is 2.26. The van der Waals surface area contributed by atoms with Gasteiger partial charge in [0.2, 0.25) is 0 Å². The highest BCUT2D eigenvalue weighted by molar-refractivity contribution is 6.05. The SMILES string of the molecule is Cc1cc(C(=O)NC2CCCCCC2CO)c2c(=O)[nH]n(C)c2n1. The highest BCUT2D eigenvalue weighted by atomic mass is 16.3. The van der Waals surface area contributed by atoms with E-state index in [1.807, 2.05) is 0 Å². The molecular formula is C17H24N4O3. The zero-order valence-electron chi connectivity index (χ0n) is 14.1. The quantitative estimate of drug-likeness (QED) is 0.736. The number of fused-ring (bicyclic) bond motifs is 1. The fraction of sp³-hybridized carbons (Fsp3) is 0.588. The lowest BCUT2D eigenvalue weighted by Crippen LogP contribution is -2.41. The number of aromatic amines is 1. The summed E-state index contributed by atoms with van der Waals surface area (Å²) in [6, 6.07) is 1.59. The van der Waals surface area contributed by atoms with Crippen LogP contribution in [0.5, 0.6) is 0 Å². The van der Waals surface area contributed by atoms with Gasteiger partial charge < -0.3 is 10.4 Å². The van der Waals surface area contributed by atoms with Crippen LogP contribution in [0.15, 0.2) is 10.9 Å². The smallest absolute Gasteiger partial charge is 0.274 e. The van der Waals surface area contributed by atoms with Gasteiger partial charge in [0, 0.05) is 31.3 Å². The Labute approximate surface area is 140 Å². The minimum absolute atomic E-state index is 0.0590. The van der Waals surface area contributed by atoms with Crippen LogP contribution in [0.1, 0.15) is 48.2 Å². The second-order valence-corrected chi connectivity index (χ2v) is 6.67. The number of pyridine rings is 1. The highest BCUT2D eigenvalue weighted by Crippen LogP contribution is 2.24. The molecule has 2 atom stereocenters. The van der Waals surface area contributed by atoms with Crippen LogP contribution in [0.2, 0.25) is 0 Å².